The van der Waals surface area contributed by atoms with Crippen LogP contribution < -0.4 is 5.01 Å². The lowest BCUT2D eigenvalue weighted by Gasteiger charge is -2.28. The fourth-order valence-electron chi connectivity index (χ4n) is 2.59. The zero-order valence-electron chi connectivity index (χ0n) is 13.5. The molecule has 3 rings (SSSR count). The second-order valence-electron chi connectivity index (χ2n) is 5.75. The summed E-state index contributed by atoms with van der Waals surface area (Å²) in [5.41, 5.74) is -2.17. The molecule has 146 valence electrons. The SMILES string of the molecule is O=C(Cc1cc(C(F)(F)F)no1)N1CCCN1c1ccc(C(F)(F)F)cn1. The first-order valence-electron chi connectivity index (χ1n) is 7.69. The van der Waals surface area contributed by atoms with Gasteiger partial charge in [-0.2, -0.15) is 26.3 Å². The molecule has 1 aliphatic rings. The van der Waals surface area contributed by atoms with Crippen molar-refractivity contribution in [2.45, 2.75) is 25.2 Å². The average Bonchev–Trinajstić information content (AvgIpc) is 3.22. The molecule has 2 aromatic rings. The Kier molecular flexibility index (Phi) is 4.74. The molecule has 0 N–H and O–H groups in total. The largest absolute Gasteiger partial charge is 0.436 e. The zero-order chi connectivity index (χ0) is 19.8. The van der Waals surface area contributed by atoms with Gasteiger partial charge in [0.25, 0.3) is 0 Å². The van der Waals surface area contributed by atoms with Crippen LogP contribution in [0.5, 0.6) is 0 Å². The van der Waals surface area contributed by atoms with Gasteiger partial charge in [-0.05, 0) is 18.6 Å². The van der Waals surface area contributed by atoms with Crippen LogP contribution in [0.25, 0.3) is 0 Å². The minimum absolute atomic E-state index is 0.127. The Bertz CT molecular complexity index is 815. The Morgan fingerprint density at radius 2 is 1.85 bits per heavy atom. The molecule has 12 heteroatoms. The number of nitrogens with zero attached hydrogens (tertiary/aromatic N) is 4. The summed E-state index contributed by atoms with van der Waals surface area (Å²) in [6.45, 7) is 0.579. The van der Waals surface area contributed by atoms with Gasteiger partial charge in [0.05, 0.1) is 12.0 Å². The third-order valence-corrected chi connectivity index (χ3v) is 3.83. The quantitative estimate of drug-likeness (QED) is 0.748. The normalized spacial score (nSPS) is 15.5. The molecule has 1 amide bonds. The summed E-state index contributed by atoms with van der Waals surface area (Å²) in [4.78, 5) is 16.1. The number of pyridine rings is 1. The maximum Gasteiger partial charge on any atom is 0.436 e. The second-order valence-corrected chi connectivity index (χ2v) is 5.75. The molecule has 0 saturated carbocycles. The van der Waals surface area contributed by atoms with E-state index in [1.807, 2.05) is 0 Å². The van der Waals surface area contributed by atoms with Gasteiger partial charge < -0.3 is 4.52 Å². The van der Waals surface area contributed by atoms with E-state index in [4.69, 9.17) is 0 Å². The van der Waals surface area contributed by atoms with Gasteiger partial charge in [-0.3, -0.25) is 14.8 Å². The van der Waals surface area contributed by atoms with Crippen LogP contribution in [-0.4, -0.2) is 34.1 Å². The highest BCUT2D eigenvalue weighted by atomic mass is 19.4. The van der Waals surface area contributed by atoms with Crippen molar-refractivity contribution in [1.82, 2.24) is 15.1 Å². The molecule has 0 atom stereocenters. The number of amides is 1. The molecule has 0 radical (unpaired) electrons. The number of rotatable bonds is 3. The van der Waals surface area contributed by atoms with E-state index < -0.39 is 35.9 Å². The third kappa shape index (κ3) is 4.14. The molecule has 0 aromatic carbocycles. The van der Waals surface area contributed by atoms with Crippen LogP contribution in [0.4, 0.5) is 32.2 Å². The van der Waals surface area contributed by atoms with Crippen LogP contribution in [0.2, 0.25) is 0 Å². The van der Waals surface area contributed by atoms with E-state index in [1.54, 1.807) is 0 Å². The van der Waals surface area contributed by atoms with Gasteiger partial charge in [-0.15, -0.1) is 0 Å². The molecule has 27 heavy (non-hydrogen) atoms. The number of halogens is 6. The van der Waals surface area contributed by atoms with E-state index in [-0.39, 0.29) is 18.1 Å². The van der Waals surface area contributed by atoms with Gasteiger partial charge >= 0.3 is 12.4 Å². The van der Waals surface area contributed by atoms with Gasteiger partial charge in [0.2, 0.25) is 5.91 Å². The fraction of sp³-hybridized carbons (Fsp3) is 0.400. The number of anilines is 1. The summed E-state index contributed by atoms with van der Waals surface area (Å²) in [7, 11) is 0. The lowest BCUT2D eigenvalue weighted by atomic mass is 10.2. The van der Waals surface area contributed by atoms with Crippen molar-refractivity contribution >= 4 is 11.7 Å². The van der Waals surface area contributed by atoms with E-state index in [2.05, 4.69) is 14.7 Å². The summed E-state index contributed by atoms with van der Waals surface area (Å²) in [6.07, 6.45) is -8.51. The van der Waals surface area contributed by atoms with Crippen molar-refractivity contribution in [1.29, 1.82) is 0 Å². The Morgan fingerprint density at radius 1 is 1.11 bits per heavy atom. The van der Waals surface area contributed by atoms with E-state index in [0.29, 0.717) is 25.2 Å². The molecule has 0 spiro atoms. The Labute approximate surface area is 148 Å². The maximum atomic E-state index is 12.6. The Hall–Kier alpha value is -2.79. The lowest BCUT2D eigenvalue weighted by Crippen LogP contribution is -2.42. The molecule has 3 heterocycles. The summed E-state index contributed by atoms with van der Waals surface area (Å²) in [5, 5.41) is 5.47. The molecule has 1 saturated heterocycles. The summed E-state index contributed by atoms with van der Waals surface area (Å²) < 4.78 is 80.0. The lowest BCUT2D eigenvalue weighted by molar-refractivity contribution is -0.142. The average molecular weight is 394 g/mol. The number of hydrogen-bond acceptors (Lipinski definition) is 5. The Balaban J connectivity index is 1.72. The zero-order valence-corrected chi connectivity index (χ0v) is 13.5. The number of carbonyl (C=O) groups is 1. The number of hydrazine groups is 1. The molecule has 0 unspecified atom stereocenters. The van der Waals surface area contributed by atoms with Gasteiger partial charge in [0, 0.05) is 25.4 Å². The molecule has 1 fully saturated rings. The second kappa shape index (κ2) is 6.74. The van der Waals surface area contributed by atoms with Crippen molar-refractivity contribution in [3.05, 3.63) is 41.4 Å². The van der Waals surface area contributed by atoms with E-state index in [0.717, 1.165) is 12.1 Å². The molecular weight excluding hydrogens is 382 g/mol. The van der Waals surface area contributed by atoms with Gasteiger partial charge in [0.15, 0.2) is 5.69 Å². The summed E-state index contributed by atoms with van der Waals surface area (Å²) in [5.74, 6) is -0.721. The van der Waals surface area contributed by atoms with Crippen molar-refractivity contribution in [3.63, 3.8) is 0 Å². The van der Waals surface area contributed by atoms with Crippen LogP contribution in [0.3, 0.4) is 0 Å². The highest BCUT2D eigenvalue weighted by molar-refractivity contribution is 5.80. The molecular formula is C15H12F6N4O2. The van der Waals surface area contributed by atoms with E-state index in [9.17, 15) is 31.1 Å². The van der Waals surface area contributed by atoms with E-state index >= 15 is 0 Å². The third-order valence-electron chi connectivity index (χ3n) is 3.83. The van der Waals surface area contributed by atoms with Gasteiger partial charge in [-0.25, -0.2) is 4.98 Å². The minimum Gasteiger partial charge on any atom is -0.360 e. The molecule has 2 aromatic heterocycles. The van der Waals surface area contributed by atoms with Crippen molar-refractivity contribution in [3.8, 4) is 0 Å². The predicted molar refractivity (Wildman–Crippen MR) is 78.1 cm³/mol. The minimum atomic E-state index is -4.69. The molecule has 0 bridgehead atoms. The number of carbonyl (C=O) groups excluding carboxylic acids is 1. The highest BCUT2D eigenvalue weighted by Crippen LogP contribution is 2.31. The van der Waals surface area contributed by atoms with Gasteiger partial charge in [0.1, 0.15) is 11.6 Å². The molecule has 0 aliphatic carbocycles. The first kappa shape index (κ1) is 19.0. The number of alkyl halides is 6. The monoisotopic (exact) mass is 394 g/mol. The van der Waals surface area contributed by atoms with Crippen LogP contribution >= 0.6 is 0 Å². The number of aromatic nitrogens is 2. The maximum absolute atomic E-state index is 12.6. The van der Waals surface area contributed by atoms with Crippen LogP contribution in [0.1, 0.15) is 23.4 Å². The van der Waals surface area contributed by atoms with Crippen molar-refractivity contribution in [2.24, 2.45) is 0 Å². The summed E-state index contributed by atoms with van der Waals surface area (Å²) >= 11 is 0. The smallest absolute Gasteiger partial charge is 0.360 e. The highest BCUT2D eigenvalue weighted by Gasteiger charge is 2.36. The van der Waals surface area contributed by atoms with Crippen molar-refractivity contribution < 1.29 is 35.7 Å². The van der Waals surface area contributed by atoms with Crippen LogP contribution in [-0.2, 0) is 23.6 Å². The molecule has 6 nitrogen and oxygen atoms in total. The molecule has 1 aliphatic heterocycles. The Morgan fingerprint density at radius 3 is 2.41 bits per heavy atom. The summed E-state index contributed by atoms with van der Waals surface area (Å²) in [6, 6.07) is 2.61. The first-order chi connectivity index (χ1) is 12.6. The van der Waals surface area contributed by atoms with Crippen LogP contribution in [0, 0.1) is 0 Å². The van der Waals surface area contributed by atoms with Crippen molar-refractivity contribution in [2.75, 3.05) is 18.1 Å². The first-order valence-corrected chi connectivity index (χ1v) is 7.69. The van der Waals surface area contributed by atoms with Crippen LogP contribution in [0.15, 0.2) is 28.9 Å². The van der Waals surface area contributed by atoms with E-state index in [1.165, 1.54) is 10.0 Å². The van der Waals surface area contributed by atoms with Gasteiger partial charge in [-0.1, -0.05) is 5.16 Å². The standard InChI is InChI=1S/C15H12F6N4O2/c16-14(17,18)9-2-3-12(22-8-9)24-4-1-5-25(24)13(26)7-10-6-11(23-27-10)15(19,20)21/h2-3,6,8H,1,4-5,7H2. The fourth-order valence-corrected chi connectivity index (χ4v) is 2.59. The topological polar surface area (TPSA) is 62.5 Å². The number of hydrogen-bond donors (Lipinski definition) is 0. The predicted octanol–water partition coefficient (Wildman–Crippen LogP) is 3.30.